The van der Waals surface area contributed by atoms with Crippen molar-refractivity contribution < 1.29 is 19.1 Å². The number of rotatable bonds is 9. The molecule has 0 radical (unpaired) electrons. The fourth-order valence-electron chi connectivity index (χ4n) is 4.39. The topological polar surface area (TPSA) is 94.5 Å². The van der Waals surface area contributed by atoms with Crippen LogP contribution >= 0.6 is 0 Å². The molecule has 3 heterocycles. The van der Waals surface area contributed by atoms with Crippen LogP contribution in [0.5, 0.6) is 0 Å². The smallest absolute Gasteiger partial charge is 0.356 e. The highest BCUT2D eigenvalue weighted by Gasteiger charge is 2.30. The molecule has 3 aromatic rings. The molecule has 0 bridgehead atoms. The zero-order valence-electron chi connectivity index (χ0n) is 21.6. The summed E-state index contributed by atoms with van der Waals surface area (Å²) in [6, 6.07) is 12.2. The number of aryl methyl sites for hydroxylation is 2. The molecule has 0 aliphatic carbocycles. The zero-order valence-corrected chi connectivity index (χ0v) is 21.6. The number of carbonyl (C=O) groups is 2. The number of hydrogen-bond donors (Lipinski definition) is 2. The maximum absolute atomic E-state index is 13.1. The number of pyridine rings is 1. The van der Waals surface area contributed by atoms with Crippen molar-refractivity contribution in [2.45, 2.75) is 46.6 Å². The number of nitrogens with one attached hydrogen (secondary N) is 2. The Labute approximate surface area is 212 Å². The van der Waals surface area contributed by atoms with Crippen LogP contribution < -0.4 is 10.6 Å². The van der Waals surface area contributed by atoms with Gasteiger partial charge in [0.25, 0.3) is 0 Å². The number of amides is 1. The van der Waals surface area contributed by atoms with Crippen molar-refractivity contribution in [2.24, 2.45) is 11.3 Å². The summed E-state index contributed by atoms with van der Waals surface area (Å²) in [6.07, 6.45) is 4.09. The van der Waals surface area contributed by atoms with E-state index >= 15 is 0 Å². The summed E-state index contributed by atoms with van der Waals surface area (Å²) in [4.78, 5) is 30.9. The number of fused-ring (bicyclic) bond motifs is 1. The summed E-state index contributed by atoms with van der Waals surface area (Å²) in [6.45, 7) is 8.71. The second-order valence-corrected chi connectivity index (χ2v) is 10.5. The first-order chi connectivity index (χ1) is 17.3. The molecule has 4 rings (SSSR count). The molecule has 1 aliphatic heterocycles. The van der Waals surface area contributed by atoms with Crippen LogP contribution in [0.25, 0.3) is 11.0 Å². The number of aromatic nitrogens is 2. The molecule has 1 fully saturated rings. The lowest BCUT2D eigenvalue weighted by Crippen LogP contribution is -2.24. The Morgan fingerprint density at radius 3 is 2.67 bits per heavy atom. The third-order valence-electron chi connectivity index (χ3n) is 6.34. The van der Waals surface area contributed by atoms with Gasteiger partial charge in [-0.1, -0.05) is 51.1 Å². The van der Waals surface area contributed by atoms with Crippen LogP contribution in [0.15, 0.2) is 42.6 Å². The number of anilines is 2. The van der Waals surface area contributed by atoms with Crippen LogP contribution in [0.2, 0.25) is 0 Å². The Bertz CT molecular complexity index is 1210. The molecular formula is C28H36N4O4. The first-order valence-electron chi connectivity index (χ1n) is 12.5. The van der Waals surface area contributed by atoms with Gasteiger partial charge in [0.15, 0.2) is 5.69 Å². The van der Waals surface area contributed by atoms with Crippen molar-refractivity contribution in [3.05, 3.63) is 53.9 Å². The summed E-state index contributed by atoms with van der Waals surface area (Å²) in [5.41, 5.74) is 3.53. The normalized spacial score (nSPS) is 15.7. The Kier molecular flexibility index (Phi) is 7.94. The molecule has 36 heavy (non-hydrogen) atoms. The van der Waals surface area contributed by atoms with E-state index in [0.717, 1.165) is 25.1 Å². The number of carbonyl (C=O) groups excluding carboxylic acids is 2. The van der Waals surface area contributed by atoms with Gasteiger partial charge in [-0.05, 0) is 36.3 Å². The molecule has 8 nitrogen and oxygen atoms in total. The number of nitrogens with zero attached hydrogens (tertiary/aromatic N) is 2. The Morgan fingerprint density at radius 2 is 2.00 bits per heavy atom. The predicted molar refractivity (Wildman–Crippen MR) is 141 cm³/mol. The lowest BCUT2D eigenvalue weighted by Gasteiger charge is -2.19. The highest BCUT2D eigenvalue weighted by atomic mass is 16.5. The number of benzene rings is 1. The third kappa shape index (κ3) is 6.05. The van der Waals surface area contributed by atoms with E-state index in [9.17, 15) is 9.59 Å². The number of ether oxygens (including phenoxy) is 2. The second-order valence-electron chi connectivity index (χ2n) is 10.5. The highest BCUT2D eigenvalue weighted by Crippen LogP contribution is 2.34. The van der Waals surface area contributed by atoms with Crippen LogP contribution in [-0.2, 0) is 27.2 Å². The minimum Gasteiger partial charge on any atom is -0.464 e. The largest absolute Gasteiger partial charge is 0.464 e. The molecule has 2 N–H and O–H groups in total. The van der Waals surface area contributed by atoms with Gasteiger partial charge in [-0.15, -0.1) is 0 Å². The van der Waals surface area contributed by atoms with Gasteiger partial charge in [0.1, 0.15) is 5.65 Å². The lowest BCUT2D eigenvalue weighted by atomic mass is 9.97. The number of hydrogen-bond acceptors (Lipinski definition) is 6. The molecule has 0 unspecified atom stereocenters. The monoisotopic (exact) mass is 492 g/mol. The molecular weight excluding hydrogens is 456 g/mol. The van der Waals surface area contributed by atoms with Gasteiger partial charge >= 0.3 is 5.97 Å². The fraction of sp³-hybridized carbons (Fsp3) is 0.464. The second kappa shape index (κ2) is 11.1. The standard InChI is InChI=1S/C28H36N4O4/c1-28(2,3)18-30-21-15-22-23(31-26(33)20-12-14-36-17-20)24(27(34)35-4)32(25(22)29-16-21)13-8-11-19-9-6-5-7-10-19/h5-7,9-10,15-16,20,30H,8,11-14,17-18H2,1-4H3,(H,31,33)/t20-/m0/s1. The van der Waals surface area contributed by atoms with Gasteiger partial charge in [0.2, 0.25) is 5.91 Å². The van der Waals surface area contributed by atoms with E-state index < -0.39 is 5.97 Å². The van der Waals surface area contributed by atoms with Crippen LogP contribution in [-0.4, -0.2) is 48.3 Å². The molecule has 2 aromatic heterocycles. The summed E-state index contributed by atoms with van der Waals surface area (Å²) in [7, 11) is 1.36. The molecule has 1 atom stereocenters. The average Bonchev–Trinajstić information content (AvgIpc) is 3.50. The fourth-order valence-corrected chi connectivity index (χ4v) is 4.39. The van der Waals surface area contributed by atoms with Crippen molar-refractivity contribution in [1.82, 2.24) is 9.55 Å². The highest BCUT2D eigenvalue weighted by molar-refractivity contribution is 6.11. The van der Waals surface area contributed by atoms with Crippen molar-refractivity contribution in [3.63, 3.8) is 0 Å². The summed E-state index contributed by atoms with van der Waals surface area (Å²) in [5, 5.41) is 7.17. The van der Waals surface area contributed by atoms with E-state index in [1.165, 1.54) is 12.7 Å². The van der Waals surface area contributed by atoms with E-state index in [-0.39, 0.29) is 17.2 Å². The van der Waals surface area contributed by atoms with Crippen LogP contribution in [0.3, 0.4) is 0 Å². The summed E-state index contributed by atoms with van der Waals surface area (Å²) in [5.74, 6) is -0.911. The van der Waals surface area contributed by atoms with Gasteiger partial charge < -0.3 is 24.7 Å². The van der Waals surface area contributed by atoms with Gasteiger partial charge in [-0.3, -0.25) is 4.79 Å². The van der Waals surface area contributed by atoms with Crippen molar-refractivity contribution in [2.75, 3.05) is 37.5 Å². The van der Waals surface area contributed by atoms with Crippen LogP contribution in [0.1, 0.15) is 49.7 Å². The van der Waals surface area contributed by atoms with Crippen molar-refractivity contribution in [3.8, 4) is 0 Å². The molecule has 1 aliphatic rings. The first-order valence-corrected chi connectivity index (χ1v) is 12.5. The zero-order chi connectivity index (χ0) is 25.7. The van der Waals surface area contributed by atoms with E-state index in [0.29, 0.717) is 48.6 Å². The first kappa shape index (κ1) is 25.7. The van der Waals surface area contributed by atoms with Crippen LogP contribution in [0, 0.1) is 11.3 Å². The molecule has 0 spiro atoms. The Balaban J connectivity index is 1.73. The van der Waals surface area contributed by atoms with E-state index in [1.54, 1.807) is 6.20 Å². The summed E-state index contributed by atoms with van der Waals surface area (Å²) < 4.78 is 12.4. The lowest BCUT2D eigenvalue weighted by molar-refractivity contribution is -0.119. The van der Waals surface area contributed by atoms with Crippen molar-refractivity contribution in [1.29, 1.82) is 0 Å². The van der Waals surface area contributed by atoms with Gasteiger partial charge in [0, 0.05) is 25.1 Å². The van der Waals surface area contributed by atoms with Crippen LogP contribution in [0.4, 0.5) is 11.4 Å². The van der Waals surface area contributed by atoms with Gasteiger partial charge in [0.05, 0.1) is 37.2 Å². The quantitative estimate of drug-likeness (QED) is 0.413. The maximum Gasteiger partial charge on any atom is 0.356 e. The summed E-state index contributed by atoms with van der Waals surface area (Å²) >= 11 is 0. The average molecular weight is 493 g/mol. The van der Waals surface area contributed by atoms with Crippen molar-refractivity contribution >= 4 is 34.3 Å². The van der Waals surface area contributed by atoms with E-state index in [4.69, 9.17) is 14.5 Å². The number of esters is 1. The third-order valence-corrected chi connectivity index (χ3v) is 6.34. The Hall–Kier alpha value is -3.39. The molecule has 0 saturated carbocycles. The van der Waals surface area contributed by atoms with E-state index in [1.807, 2.05) is 28.8 Å². The SMILES string of the molecule is COC(=O)c1c(NC(=O)[C@H]2CCOC2)c2cc(NCC(C)(C)C)cnc2n1CCCc1ccccc1. The Morgan fingerprint density at radius 1 is 1.22 bits per heavy atom. The molecule has 1 saturated heterocycles. The molecule has 1 amide bonds. The number of methoxy groups -OCH3 is 1. The predicted octanol–water partition coefficient (Wildman–Crippen LogP) is 4.89. The minimum atomic E-state index is -0.505. The molecule has 8 heteroatoms. The van der Waals surface area contributed by atoms with Gasteiger partial charge in [-0.2, -0.15) is 0 Å². The van der Waals surface area contributed by atoms with E-state index in [2.05, 4.69) is 43.5 Å². The minimum absolute atomic E-state index is 0.0784. The van der Waals surface area contributed by atoms with Gasteiger partial charge in [-0.25, -0.2) is 9.78 Å². The molecule has 192 valence electrons. The maximum atomic E-state index is 13.1. The molecule has 1 aromatic carbocycles.